The average Bonchev–Trinajstić information content (AvgIpc) is 2.28. The van der Waals surface area contributed by atoms with Crippen LogP contribution in [0.2, 0.25) is 0 Å². The summed E-state index contributed by atoms with van der Waals surface area (Å²) in [6.07, 6.45) is 1.87. The molecule has 2 aliphatic rings. The predicted molar refractivity (Wildman–Crippen MR) is 61.3 cm³/mol. The van der Waals surface area contributed by atoms with E-state index in [-0.39, 0.29) is 12.0 Å². The van der Waals surface area contributed by atoms with Crippen molar-refractivity contribution in [2.45, 2.75) is 25.0 Å². The second kappa shape index (κ2) is 5.61. The fraction of sp³-hybridized carbons (Fsp3) is 0.909. The Hall–Kier alpha value is -0.650. The summed E-state index contributed by atoms with van der Waals surface area (Å²) in [5.74, 6) is 0.173. The molecule has 0 spiro atoms. The van der Waals surface area contributed by atoms with Crippen molar-refractivity contribution in [1.82, 2.24) is 15.5 Å². The number of nitrogens with zero attached hydrogens (tertiary/aromatic N) is 1. The van der Waals surface area contributed by atoms with Crippen LogP contribution in [-0.4, -0.2) is 62.8 Å². The summed E-state index contributed by atoms with van der Waals surface area (Å²) in [4.78, 5) is 13.3. The van der Waals surface area contributed by atoms with E-state index < -0.39 is 0 Å². The molecule has 0 aromatic heterocycles. The first kappa shape index (κ1) is 11.8. The van der Waals surface area contributed by atoms with Crippen molar-refractivity contribution in [3.05, 3.63) is 0 Å². The van der Waals surface area contributed by atoms with E-state index in [1.165, 1.54) is 0 Å². The van der Waals surface area contributed by atoms with Gasteiger partial charge in [0.15, 0.2) is 0 Å². The zero-order valence-electron chi connectivity index (χ0n) is 9.87. The lowest BCUT2D eigenvalue weighted by Gasteiger charge is -2.32. The Balaban J connectivity index is 1.65. The van der Waals surface area contributed by atoms with Gasteiger partial charge in [-0.25, -0.2) is 0 Å². The number of carbonyl (C=O) groups excluding carboxylic acids is 1. The van der Waals surface area contributed by atoms with Gasteiger partial charge in [-0.2, -0.15) is 0 Å². The highest BCUT2D eigenvalue weighted by Gasteiger charge is 2.21. The normalized spacial score (nSPS) is 32.4. The van der Waals surface area contributed by atoms with Gasteiger partial charge >= 0.3 is 0 Å². The Bertz CT molecular complexity index is 237. The third-order valence-electron chi connectivity index (χ3n) is 3.24. The highest BCUT2D eigenvalue weighted by Crippen LogP contribution is 2.05. The molecule has 0 aromatic carbocycles. The monoisotopic (exact) mass is 227 g/mol. The van der Waals surface area contributed by atoms with Crippen molar-refractivity contribution in [2.24, 2.45) is 0 Å². The van der Waals surface area contributed by atoms with Crippen LogP contribution in [0.15, 0.2) is 0 Å². The van der Waals surface area contributed by atoms with Gasteiger partial charge in [0.1, 0.15) is 0 Å². The van der Waals surface area contributed by atoms with Crippen LogP contribution in [0.1, 0.15) is 12.8 Å². The predicted octanol–water partition coefficient (Wildman–Crippen LogP) is -0.815. The van der Waals surface area contributed by atoms with E-state index in [0.717, 1.165) is 39.2 Å². The summed E-state index contributed by atoms with van der Waals surface area (Å²) in [5.41, 5.74) is 0. The minimum atomic E-state index is 0.173. The number of piperidine rings is 1. The number of ether oxygens (including phenoxy) is 1. The zero-order valence-corrected chi connectivity index (χ0v) is 9.87. The number of carbonyl (C=O) groups is 1. The molecule has 2 aliphatic heterocycles. The molecule has 0 saturated carbocycles. The Labute approximate surface area is 96.5 Å². The van der Waals surface area contributed by atoms with Crippen molar-refractivity contribution in [3.8, 4) is 0 Å². The minimum absolute atomic E-state index is 0.173. The van der Waals surface area contributed by atoms with E-state index in [2.05, 4.69) is 22.6 Å². The number of hydrogen-bond donors (Lipinski definition) is 2. The molecule has 0 aromatic rings. The van der Waals surface area contributed by atoms with Gasteiger partial charge in [0, 0.05) is 38.6 Å². The van der Waals surface area contributed by atoms with Gasteiger partial charge < -0.3 is 20.3 Å². The quantitative estimate of drug-likeness (QED) is 0.662. The fourth-order valence-corrected chi connectivity index (χ4v) is 2.20. The topological polar surface area (TPSA) is 53.6 Å². The van der Waals surface area contributed by atoms with Crippen LogP contribution in [0.3, 0.4) is 0 Å². The van der Waals surface area contributed by atoms with Crippen molar-refractivity contribution in [2.75, 3.05) is 39.8 Å². The molecule has 0 aliphatic carbocycles. The number of hydrogen-bond acceptors (Lipinski definition) is 4. The fourth-order valence-electron chi connectivity index (χ4n) is 2.20. The summed E-state index contributed by atoms with van der Waals surface area (Å²) < 4.78 is 5.67. The SMILES string of the molecule is CN1CCOC(CNC2CCC(=O)NC2)C1. The summed E-state index contributed by atoms with van der Waals surface area (Å²) in [5, 5.41) is 6.34. The second-order valence-corrected chi connectivity index (χ2v) is 4.70. The molecule has 2 N–H and O–H groups in total. The van der Waals surface area contributed by atoms with Crippen LogP contribution in [0.5, 0.6) is 0 Å². The van der Waals surface area contributed by atoms with Crippen molar-refractivity contribution >= 4 is 5.91 Å². The first-order valence-corrected chi connectivity index (χ1v) is 6.04. The zero-order chi connectivity index (χ0) is 11.4. The van der Waals surface area contributed by atoms with Gasteiger partial charge in [-0.1, -0.05) is 0 Å². The van der Waals surface area contributed by atoms with Crippen LogP contribution in [0.4, 0.5) is 0 Å². The molecule has 2 fully saturated rings. The molecule has 16 heavy (non-hydrogen) atoms. The van der Waals surface area contributed by atoms with Crippen LogP contribution >= 0.6 is 0 Å². The number of nitrogens with one attached hydrogen (secondary N) is 2. The van der Waals surface area contributed by atoms with E-state index in [1.807, 2.05) is 0 Å². The Morgan fingerprint density at radius 2 is 2.50 bits per heavy atom. The number of rotatable bonds is 3. The first-order valence-electron chi connectivity index (χ1n) is 6.04. The van der Waals surface area contributed by atoms with Gasteiger partial charge in [-0.05, 0) is 13.5 Å². The van der Waals surface area contributed by atoms with Crippen molar-refractivity contribution in [3.63, 3.8) is 0 Å². The Kier molecular flexibility index (Phi) is 4.15. The maximum Gasteiger partial charge on any atom is 0.220 e. The van der Waals surface area contributed by atoms with Crippen LogP contribution in [-0.2, 0) is 9.53 Å². The minimum Gasteiger partial charge on any atom is -0.374 e. The summed E-state index contributed by atoms with van der Waals surface area (Å²) in [7, 11) is 2.12. The third-order valence-corrected chi connectivity index (χ3v) is 3.24. The summed E-state index contributed by atoms with van der Waals surface area (Å²) >= 11 is 0. The van der Waals surface area contributed by atoms with E-state index in [1.54, 1.807) is 0 Å². The highest BCUT2D eigenvalue weighted by atomic mass is 16.5. The standard InChI is InChI=1S/C11H21N3O2/c1-14-4-5-16-10(8-14)7-12-9-2-3-11(15)13-6-9/h9-10,12H,2-8H2,1H3,(H,13,15). The maximum absolute atomic E-state index is 11.0. The number of morpholine rings is 1. The molecule has 2 atom stereocenters. The lowest BCUT2D eigenvalue weighted by atomic mass is 10.1. The van der Waals surface area contributed by atoms with Crippen molar-refractivity contribution < 1.29 is 9.53 Å². The van der Waals surface area contributed by atoms with Gasteiger partial charge in [-0.3, -0.25) is 4.79 Å². The lowest BCUT2D eigenvalue weighted by molar-refractivity contribution is -0.122. The summed E-state index contributed by atoms with van der Waals surface area (Å²) in [6.45, 7) is 4.47. The average molecular weight is 227 g/mol. The maximum atomic E-state index is 11.0. The molecular weight excluding hydrogens is 206 g/mol. The molecule has 0 bridgehead atoms. The van der Waals surface area contributed by atoms with E-state index in [0.29, 0.717) is 12.5 Å². The van der Waals surface area contributed by atoms with Gasteiger partial charge in [0.2, 0.25) is 5.91 Å². The van der Waals surface area contributed by atoms with E-state index in [9.17, 15) is 4.79 Å². The molecular formula is C11H21N3O2. The van der Waals surface area contributed by atoms with E-state index >= 15 is 0 Å². The molecule has 5 nitrogen and oxygen atoms in total. The molecule has 1 amide bonds. The lowest BCUT2D eigenvalue weighted by Crippen LogP contribution is -2.51. The Morgan fingerprint density at radius 1 is 1.62 bits per heavy atom. The van der Waals surface area contributed by atoms with Crippen LogP contribution in [0, 0.1) is 0 Å². The first-order chi connectivity index (χ1) is 7.74. The highest BCUT2D eigenvalue weighted by molar-refractivity contribution is 5.76. The summed E-state index contributed by atoms with van der Waals surface area (Å²) in [6, 6.07) is 0.411. The van der Waals surface area contributed by atoms with Gasteiger partial charge in [0.05, 0.1) is 12.7 Å². The van der Waals surface area contributed by atoms with Gasteiger partial charge in [0.25, 0.3) is 0 Å². The van der Waals surface area contributed by atoms with Crippen molar-refractivity contribution in [1.29, 1.82) is 0 Å². The van der Waals surface area contributed by atoms with E-state index in [4.69, 9.17) is 4.74 Å². The van der Waals surface area contributed by atoms with Crippen LogP contribution in [0.25, 0.3) is 0 Å². The molecule has 2 rings (SSSR count). The smallest absolute Gasteiger partial charge is 0.220 e. The molecule has 2 unspecified atom stereocenters. The van der Waals surface area contributed by atoms with Crippen LogP contribution < -0.4 is 10.6 Å². The molecule has 5 heteroatoms. The van der Waals surface area contributed by atoms with Gasteiger partial charge in [-0.15, -0.1) is 0 Å². The number of likely N-dealkylation sites (N-methyl/N-ethyl adjacent to an activating group) is 1. The largest absolute Gasteiger partial charge is 0.374 e. The Morgan fingerprint density at radius 3 is 3.19 bits per heavy atom. The number of amides is 1. The third kappa shape index (κ3) is 3.43. The second-order valence-electron chi connectivity index (χ2n) is 4.70. The molecule has 2 saturated heterocycles. The molecule has 92 valence electrons. The molecule has 2 heterocycles. The molecule has 0 radical (unpaired) electrons.